The lowest BCUT2D eigenvalue weighted by Crippen LogP contribution is -2.18. The Morgan fingerprint density at radius 1 is 1.23 bits per heavy atom. The fraction of sp³-hybridized carbons (Fsp3) is 0.250. The summed E-state index contributed by atoms with van der Waals surface area (Å²) in [6, 6.07) is 8.06. The van der Waals surface area contributed by atoms with Crippen molar-refractivity contribution in [3.63, 3.8) is 0 Å². The summed E-state index contributed by atoms with van der Waals surface area (Å²) in [7, 11) is 0. The minimum absolute atomic E-state index is 0.0497. The fourth-order valence-corrected chi connectivity index (χ4v) is 2.64. The minimum Gasteiger partial charge on any atom is -0.506 e. The molecule has 2 N–H and O–H groups in total. The van der Waals surface area contributed by atoms with E-state index < -0.39 is 0 Å². The van der Waals surface area contributed by atoms with Crippen LogP contribution in [0.4, 0.5) is 11.5 Å². The number of hydrogen-bond donors (Lipinski definition) is 2. The fourth-order valence-electron chi connectivity index (χ4n) is 2.46. The smallest absolute Gasteiger partial charge is 0.256 e. The van der Waals surface area contributed by atoms with Gasteiger partial charge in [0.25, 0.3) is 5.91 Å². The third-order valence-electron chi connectivity index (χ3n) is 3.67. The number of halogens is 1. The minimum atomic E-state index is -0.316. The molecule has 1 aromatic carbocycles. The van der Waals surface area contributed by atoms with Crippen molar-refractivity contribution in [3.05, 3.63) is 47.1 Å². The number of rotatable bonds is 3. The molecule has 114 valence electrons. The average molecular weight is 318 g/mol. The van der Waals surface area contributed by atoms with Crippen LogP contribution in [0, 0.1) is 0 Å². The molecule has 1 amide bonds. The molecule has 1 aliphatic rings. The van der Waals surface area contributed by atoms with Gasteiger partial charge in [-0.3, -0.25) is 4.79 Å². The molecule has 0 aliphatic carbocycles. The molecule has 6 heteroatoms. The van der Waals surface area contributed by atoms with Gasteiger partial charge >= 0.3 is 0 Å². The first-order chi connectivity index (χ1) is 10.6. The lowest BCUT2D eigenvalue weighted by atomic mass is 10.2. The maximum atomic E-state index is 12.1. The monoisotopic (exact) mass is 317 g/mol. The number of aromatic nitrogens is 1. The Bertz CT molecular complexity index is 682. The van der Waals surface area contributed by atoms with Gasteiger partial charge in [-0.2, -0.15) is 0 Å². The molecule has 0 bridgehead atoms. The summed E-state index contributed by atoms with van der Waals surface area (Å²) in [5, 5.41) is 12.2. The topological polar surface area (TPSA) is 65.5 Å². The number of carbonyl (C=O) groups excluding carboxylic acids is 1. The molecule has 2 aromatic rings. The van der Waals surface area contributed by atoms with E-state index >= 15 is 0 Å². The molecule has 5 nitrogen and oxygen atoms in total. The Labute approximate surface area is 133 Å². The second-order valence-corrected chi connectivity index (χ2v) is 5.62. The molecule has 1 aromatic heterocycles. The Balaban J connectivity index is 1.69. The van der Waals surface area contributed by atoms with Gasteiger partial charge in [0.05, 0.1) is 16.9 Å². The van der Waals surface area contributed by atoms with Gasteiger partial charge in [-0.1, -0.05) is 11.6 Å². The van der Waals surface area contributed by atoms with Crippen LogP contribution in [0.1, 0.15) is 23.2 Å². The van der Waals surface area contributed by atoms with Crippen molar-refractivity contribution in [2.45, 2.75) is 12.8 Å². The standard InChI is InChI=1S/C16H16ClN3O2/c17-13-9-11(3-5-14(13)21)16(22)19-15-6-4-12(10-18-15)20-7-1-2-8-20/h3-6,9-10,21H,1-2,7-8H2,(H,18,19,22). The summed E-state index contributed by atoms with van der Waals surface area (Å²) in [6.07, 6.45) is 4.19. The molecule has 0 spiro atoms. The molecule has 0 atom stereocenters. The van der Waals surface area contributed by atoms with Crippen LogP contribution < -0.4 is 10.2 Å². The Hall–Kier alpha value is -2.27. The molecule has 22 heavy (non-hydrogen) atoms. The van der Waals surface area contributed by atoms with Crippen LogP contribution in [-0.4, -0.2) is 29.1 Å². The van der Waals surface area contributed by atoms with Crippen molar-refractivity contribution in [1.82, 2.24) is 4.98 Å². The first-order valence-electron chi connectivity index (χ1n) is 7.14. The van der Waals surface area contributed by atoms with Gasteiger partial charge in [0, 0.05) is 18.7 Å². The largest absolute Gasteiger partial charge is 0.506 e. The van der Waals surface area contributed by atoms with Gasteiger partial charge < -0.3 is 15.3 Å². The van der Waals surface area contributed by atoms with Crippen molar-refractivity contribution in [1.29, 1.82) is 0 Å². The summed E-state index contributed by atoms with van der Waals surface area (Å²) in [5.41, 5.74) is 1.44. The third kappa shape index (κ3) is 3.14. The van der Waals surface area contributed by atoms with E-state index in [4.69, 9.17) is 11.6 Å². The molecule has 0 radical (unpaired) electrons. The highest BCUT2D eigenvalue weighted by molar-refractivity contribution is 6.32. The van der Waals surface area contributed by atoms with E-state index in [2.05, 4.69) is 15.2 Å². The molecular weight excluding hydrogens is 302 g/mol. The first kappa shape index (κ1) is 14.7. The molecule has 0 saturated carbocycles. The van der Waals surface area contributed by atoms with Crippen LogP contribution in [0.5, 0.6) is 5.75 Å². The summed E-state index contributed by atoms with van der Waals surface area (Å²) in [6.45, 7) is 2.11. The van der Waals surface area contributed by atoms with E-state index in [1.165, 1.54) is 31.0 Å². The SMILES string of the molecule is O=C(Nc1ccc(N2CCCC2)cn1)c1ccc(O)c(Cl)c1. The van der Waals surface area contributed by atoms with Gasteiger partial charge in [0.1, 0.15) is 11.6 Å². The number of nitrogens with zero attached hydrogens (tertiary/aromatic N) is 2. The number of hydrogen-bond acceptors (Lipinski definition) is 4. The number of phenolic OH excluding ortho intramolecular Hbond substituents is 1. The van der Waals surface area contributed by atoms with Gasteiger partial charge in [-0.05, 0) is 43.2 Å². The highest BCUT2D eigenvalue weighted by Crippen LogP contribution is 2.24. The van der Waals surface area contributed by atoms with E-state index in [0.717, 1.165) is 18.8 Å². The molecule has 1 saturated heterocycles. The molecule has 0 unspecified atom stereocenters. The van der Waals surface area contributed by atoms with Gasteiger partial charge in [0.15, 0.2) is 0 Å². The van der Waals surface area contributed by atoms with Crippen molar-refractivity contribution < 1.29 is 9.90 Å². The highest BCUT2D eigenvalue weighted by atomic mass is 35.5. The second kappa shape index (κ2) is 6.23. The van der Waals surface area contributed by atoms with E-state index in [0.29, 0.717) is 11.4 Å². The molecule has 1 fully saturated rings. The highest BCUT2D eigenvalue weighted by Gasteiger charge is 2.13. The van der Waals surface area contributed by atoms with Crippen molar-refractivity contribution in [3.8, 4) is 5.75 Å². The Kier molecular flexibility index (Phi) is 4.15. The quantitative estimate of drug-likeness (QED) is 0.911. The summed E-state index contributed by atoms with van der Waals surface area (Å²) < 4.78 is 0. The molecule has 1 aliphatic heterocycles. The maximum absolute atomic E-state index is 12.1. The number of amides is 1. The number of benzene rings is 1. The Morgan fingerprint density at radius 2 is 2.00 bits per heavy atom. The molecular formula is C16H16ClN3O2. The van der Waals surface area contributed by atoms with Gasteiger partial charge in [-0.15, -0.1) is 0 Å². The van der Waals surface area contributed by atoms with E-state index in [1.54, 1.807) is 12.3 Å². The number of anilines is 2. The lowest BCUT2D eigenvalue weighted by Gasteiger charge is -2.17. The van der Waals surface area contributed by atoms with Crippen LogP contribution in [0.3, 0.4) is 0 Å². The van der Waals surface area contributed by atoms with E-state index in [1.807, 2.05) is 6.07 Å². The molecule has 3 rings (SSSR count). The van der Waals surface area contributed by atoms with Crippen molar-refractivity contribution in [2.24, 2.45) is 0 Å². The number of pyridine rings is 1. The zero-order chi connectivity index (χ0) is 15.5. The van der Waals surface area contributed by atoms with Crippen molar-refractivity contribution >= 4 is 29.0 Å². The Morgan fingerprint density at radius 3 is 2.64 bits per heavy atom. The second-order valence-electron chi connectivity index (χ2n) is 5.22. The number of nitrogens with one attached hydrogen (secondary N) is 1. The van der Waals surface area contributed by atoms with Crippen LogP contribution in [-0.2, 0) is 0 Å². The number of phenols is 1. The van der Waals surface area contributed by atoms with Gasteiger partial charge in [-0.25, -0.2) is 4.98 Å². The molecule has 2 heterocycles. The van der Waals surface area contributed by atoms with Crippen LogP contribution in [0.25, 0.3) is 0 Å². The zero-order valence-corrected chi connectivity index (χ0v) is 12.7. The maximum Gasteiger partial charge on any atom is 0.256 e. The van der Waals surface area contributed by atoms with Crippen molar-refractivity contribution in [2.75, 3.05) is 23.3 Å². The zero-order valence-electron chi connectivity index (χ0n) is 11.9. The van der Waals surface area contributed by atoms with E-state index in [-0.39, 0.29) is 16.7 Å². The third-order valence-corrected chi connectivity index (χ3v) is 3.97. The summed E-state index contributed by atoms with van der Waals surface area (Å²) in [4.78, 5) is 18.7. The van der Waals surface area contributed by atoms with Gasteiger partial charge in [0.2, 0.25) is 0 Å². The average Bonchev–Trinajstić information content (AvgIpc) is 3.05. The van der Waals surface area contributed by atoms with E-state index in [9.17, 15) is 9.90 Å². The summed E-state index contributed by atoms with van der Waals surface area (Å²) >= 11 is 5.80. The number of aromatic hydroxyl groups is 1. The predicted molar refractivity (Wildman–Crippen MR) is 86.8 cm³/mol. The lowest BCUT2D eigenvalue weighted by molar-refractivity contribution is 0.102. The first-order valence-corrected chi connectivity index (χ1v) is 7.52. The number of carbonyl (C=O) groups is 1. The van der Waals surface area contributed by atoms with Crippen LogP contribution in [0.2, 0.25) is 5.02 Å². The summed E-state index contributed by atoms with van der Waals surface area (Å²) in [5.74, 6) is 0.117. The normalized spacial score (nSPS) is 14.1. The van der Waals surface area contributed by atoms with Crippen LogP contribution in [0.15, 0.2) is 36.5 Å². The predicted octanol–water partition coefficient (Wildman–Crippen LogP) is 3.29. The van der Waals surface area contributed by atoms with Crippen LogP contribution >= 0.6 is 11.6 Å².